The zero-order valence-electron chi connectivity index (χ0n) is 11.2. The summed E-state index contributed by atoms with van der Waals surface area (Å²) in [5, 5.41) is 0. The molecule has 1 fully saturated rings. The zero-order chi connectivity index (χ0) is 13.8. The summed E-state index contributed by atoms with van der Waals surface area (Å²) in [7, 11) is 0. The number of cyclic esters (lactones) is 1. The first-order valence-electron chi connectivity index (χ1n) is 6.91. The normalized spacial score (nSPS) is 22.9. The van der Waals surface area contributed by atoms with E-state index in [9.17, 15) is 4.79 Å². The highest BCUT2D eigenvalue weighted by Crippen LogP contribution is 2.19. The van der Waals surface area contributed by atoms with Crippen molar-refractivity contribution in [3.05, 3.63) is 35.9 Å². The lowest BCUT2D eigenvalue weighted by atomic mass is 10.1. The van der Waals surface area contributed by atoms with E-state index in [2.05, 4.69) is 4.99 Å². The van der Waals surface area contributed by atoms with Crippen LogP contribution in [0.5, 0.6) is 0 Å². The fourth-order valence-corrected chi connectivity index (χ4v) is 2.33. The molecule has 0 N–H and O–H groups in total. The van der Waals surface area contributed by atoms with Crippen LogP contribution < -0.4 is 0 Å². The lowest BCUT2D eigenvalue weighted by Gasteiger charge is -2.08. The van der Waals surface area contributed by atoms with Gasteiger partial charge in [0.15, 0.2) is 12.3 Å². The van der Waals surface area contributed by atoms with Crippen molar-refractivity contribution in [3.63, 3.8) is 0 Å². The fraction of sp³-hybridized carbons (Fsp3) is 0.467. The third-order valence-electron chi connectivity index (χ3n) is 3.37. The molecule has 0 saturated carbocycles. The predicted molar refractivity (Wildman–Crippen MR) is 72.4 cm³/mol. The molecule has 5 heteroatoms. The maximum Gasteiger partial charge on any atom is 0.337 e. The van der Waals surface area contributed by atoms with Gasteiger partial charge in [-0.3, -0.25) is 0 Å². The molecule has 0 radical (unpaired) electrons. The summed E-state index contributed by atoms with van der Waals surface area (Å²) >= 11 is 0. The van der Waals surface area contributed by atoms with Crippen LogP contribution in [0.2, 0.25) is 0 Å². The minimum absolute atomic E-state index is 0.120. The van der Waals surface area contributed by atoms with Crippen molar-refractivity contribution in [1.29, 1.82) is 0 Å². The van der Waals surface area contributed by atoms with E-state index in [0.717, 1.165) is 18.4 Å². The van der Waals surface area contributed by atoms with Crippen LogP contribution in [0.1, 0.15) is 24.8 Å². The number of aliphatic imine (C=N–C) groups is 1. The van der Waals surface area contributed by atoms with Gasteiger partial charge < -0.3 is 14.2 Å². The summed E-state index contributed by atoms with van der Waals surface area (Å²) in [5.41, 5.74) is 0.839. The Bertz CT molecular complexity index is 494. The van der Waals surface area contributed by atoms with Gasteiger partial charge in [0.25, 0.3) is 0 Å². The Morgan fingerprint density at radius 3 is 2.60 bits per heavy atom. The van der Waals surface area contributed by atoms with E-state index < -0.39 is 6.04 Å². The van der Waals surface area contributed by atoms with Crippen molar-refractivity contribution in [3.8, 4) is 0 Å². The number of nitrogens with zero attached hydrogens (tertiary/aromatic N) is 1. The summed E-state index contributed by atoms with van der Waals surface area (Å²) in [4.78, 5) is 16.2. The van der Waals surface area contributed by atoms with Crippen molar-refractivity contribution < 1.29 is 19.0 Å². The molecule has 3 rings (SSSR count). The lowest BCUT2D eigenvalue weighted by Crippen LogP contribution is -2.16. The van der Waals surface area contributed by atoms with Crippen molar-refractivity contribution in [1.82, 2.24) is 0 Å². The molecule has 0 aliphatic carbocycles. The Balaban J connectivity index is 1.54. The zero-order valence-corrected chi connectivity index (χ0v) is 11.2. The summed E-state index contributed by atoms with van der Waals surface area (Å²) in [6, 6.07) is 9.08. The van der Waals surface area contributed by atoms with Crippen LogP contribution >= 0.6 is 0 Å². The van der Waals surface area contributed by atoms with Crippen LogP contribution in [0.15, 0.2) is 35.3 Å². The molecule has 1 saturated heterocycles. The van der Waals surface area contributed by atoms with Crippen LogP contribution in [-0.4, -0.2) is 37.4 Å². The van der Waals surface area contributed by atoms with Gasteiger partial charge in [0.05, 0.1) is 13.2 Å². The van der Waals surface area contributed by atoms with Crippen LogP contribution in [0.4, 0.5) is 0 Å². The van der Waals surface area contributed by atoms with E-state index in [1.54, 1.807) is 0 Å². The Labute approximate surface area is 117 Å². The molecule has 0 bridgehead atoms. The van der Waals surface area contributed by atoms with Crippen LogP contribution in [0, 0.1) is 0 Å². The van der Waals surface area contributed by atoms with E-state index in [-0.39, 0.29) is 12.3 Å². The number of hydrogen-bond acceptors (Lipinski definition) is 5. The molecule has 1 aromatic rings. The molecule has 5 nitrogen and oxygen atoms in total. The van der Waals surface area contributed by atoms with Gasteiger partial charge in [-0.1, -0.05) is 18.2 Å². The van der Waals surface area contributed by atoms with Gasteiger partial charge in [-0.2, -0.15) is 0 Å². The maximum absolute atomic E-state index is 11.8. The van der Waals surface area contributed by atoms with Gasteiger partial charge >= 0.3 is 5.97 Å². The molecule has 2 aliphatic rings. The minimum atomic E-state index is -0.397. The van der Waals surface area contributed by atoms with Gasteiger partial charge in [0.2, 0.25) is 5.90 Å². The molecule has 0 spiro atoms. The number of esters is 1. The largest absolute Gasteiger partial charge is 0.406 e. The predicted octanol–water partition coefficient (Wildman–Crippen LogP) is 1.90. The van der Waals surface area contributed by atoms with Crippen molar-refractivity contribution in [2.45, 2.75) is 31.6 Å². The highest BCUT2D eigenvalue weighted by atomic mass is 16.7. The average Bonchev–Trinajstić information content (AvgIpc) is 3.11. The smallest absolute Gasteiger partial charge is 0.337 e. The Hall–Kier alpha value is -1.72. The van der Waals surface area contributed by atoms with E-state index >= 15 is 0 Å². The number of benzene rings is 1. The minimum Gasteiger partial charge on any atom is -0.406 e. The molecule has 1 unspecified atom stereocenters. The first-order chi connectivity index (χ1) is 9.83. The first-order valence-corrected chi connectivity index (χ1v) is 6.91. The van der Waals surface area contributed by atoms with E-state index in [1.165, 1.54) is 0 Å². The lowest BCUT2D eigenvalue weighted by molar-refractivity contribution is -0.135. The summed E-state index contributed by atoms with van der Waals surface area (Å²) in [6.45, 7) is 1.32. The van der Waals surface area contributed by atoms with Crippen LogP contribution in [0.3, 0.4) is 0 Å². The second kappa shape index (κ2) is 6.15. The molecule has 1 atom stereocenters. The second-order valence-electron chi connectivity index (χ2n) is 4.84. The number of carbonyl (C=O) groups is 1. The molecule has 106 valence electrons. The van der Waals surface area contributed by atoms with Crippen LogP contribution in [-0.2, 0) is 19.0 Å². The molecule has 0 aromatic heterocycles. The van der Waals surface area contributed by atoms with Crippen molar-refractivity contribution in [2.24, 2.45) is 4.99 Å². The average molecular weight is 275 g/mol. The molecular weight excluding hydrogens is 258 g/mol. The molecule has 2 aliphatic heterocycles. The van der Waals surface area contributed by atoms with Gasteiger partial charge in [-0.15, -0.1) is 0 Å². The second-order valence-corrected chi connectivity index (χ2v) is 4.84. The SMILES string of the molecule is O=C1OC(c2ccccc2)=NC1CCCC1OCCO1. The molecule has 1 aromatic carbocycles. The van der Waals surface area contributed by atoms with Gasteiger partial charge in [-0.05, 0) is 31.4 Å². The van der Waals surface area contributed by atoms with E-state index in [0.29, 0.717) is 25.5 Å². The highest BCUT2D eigenvalue weighted by Gasteiger charge is 2.29. The van der Waals surface area contributed by atoms with Crippen molar-refractivity contribution in [2.75, 3.05) is 13.2 Å². The molecule has 20 heavy (non-hydrogen) atoms. The number of ether oxygens (including phenoxy) is 3. The Morgan fingerprint density at radius 2 is 1.85 bits per heavy atom. The quantitative estimate of drug-likeness (QED) is 0.770. The number of hydrogen-bond donors (Lipinski definition) is 0. The monoisotopic (exact) mass is 275 g/mol. The van der Waals surface area contributed by atoms with E-state index in [4.69, 9.17) is 14.2 Å². The van der Waals surface area contributed by atoms with Gasteiger partial charge in [-0.25, -0.2) is 9.79 Å². The van der Waals surface area contributed by atoms with Crippen LogP contribution in [0.25, 0.3) is 0 Å². The highest BCUT2D eigenvalue weighted by molar-refractivity contribution is 6.06. The van der Waals surface area contributed by atoms with Gasteiger partial charge in [0.1, 0.15) is 0 Å². The standard InChI is InChI=1S/C15H17NO4/c17-15-12(7-4-8-13-18-9-10-19-13)16-14(20-15)11-5-2-1-3-6-11/h1-3,5-6,12-13H,4,7-10H2. The van der Waals surface area contributed by atoms with Crippen molar-refractivity contribution >= 4 is 11.9 Å². The topological polar surface area (TPSA) is 57.1 Å². The third-order valence-corrected chi connectivity index (χ3v) is 3.37. The summed E-state index contributed by atoms with van der Waals surface area (Å²) in [6.07, 6.45) is 2.17. The van der Waals surface area contributed by atoms with E-state index in [1.807, 2.05) is 30.3 Å². The summed E-state index contributed by atoms with van der Waals surface area (Å²) in [5.74, 6) is 0.158. The summed E-state index contributed by atoms with van der Waals surface area (Å²) < 4.78 is 16.0. The maximum atomic E-state index is 11.8. The molecular formula is C15H17NO4. The Kier molecular flexibility index (Phi) is 4.08. The molecule has 0 amide bonds. The fourth-order valence-electron chi connectivity index (χ4n) is 2.33. The first kappa shape index (κ1) is 13.3. The molecule has 2 heterocycles. The number of carbonyl (C=O) groups excluding carboxylic acids is 1. The third kappa shape index (κ3) is 3.05. The Morgan fingerprint density at radius 1 is 1.10 bits per heavy atom. The van der Waals surface area contributed by atoms with Gasteiger partial charge in [0, 0.05) is 5.56 Å². The number of rotatable bonds is 5.